The Balaban J connectivity index is 2.12. The van der Waals surface area contributed by atoms with Gasteiger partial charge < -0.3 is 5.73 Å². The summed E-state index contributed by atoms with van der Waals surface area (Å²) >= 11 is 6.34. The molecule has 102 valence electrons. The van der Waals surface area contributed by atoms with Crippen LogP contribution < -0.4 is 5.73 Å². The van der Waals surface area contributed by atoms with E-state index < -0.39 is 0 Å². The van der Waals surface area contributed by atoms with Gasteiger partial charge in [-0.1, -0.05) is 11.6 Å². The Morgan fingerprint density at radius 1 is 1.56 bits per heavy atom. The SMILES string of the molecule is CCn1nc(C)c(Cl)c1CN(C)C(CN)C1CC1. The van der Waals surface area contributed by atoms with Crippen molar-refractivity contribution in [3.63, 3.8) is 0 Å². The summed E-state index contributed by atoms with van der Waals surface area (Å²) in [6, 6.07) is 0.474. The quantitative estimate of drug-likeness (QED) is 0.861. The van der Waals surface area contributed by atoms with Crippen LogP contribution in [0.25, 0.3) is 0 Å². The average Bonchev–Trinajstić information content (AvgIpc) is 3.13. The van der Waals surface area contributed by atoms with Crippen LogP contribution in [0.4, 0.5) is 0 Å². The summed E-state index contributed by atoms with van der Waals surface area (Å²) in [5.41, 5.74) is 7.91. The fourth-order valence-electron chi connectivity index (χ4n) is 2.59. The number of likely N-dealkylation sites (N-methyl/N-ethyl adjacent to an activating group) is 1. The van der Waals surface area contributed by atoms with E-state index >= 15 is 0 Å². The molecule has 1 fully saturated rings. The van der Waals surface area contributed by atoms with E-state index in [0.717, 1.165) is 42.0 Å². The molecule has 0 aromatic carbocycles. The minimum Gasteiger partial charge on any atom is -0.329 e. The minimum atomic E-state index is 0.474. The lowest BCUT2D eigenvalue weighted by Crippen LogP contribution is -2.39. The highest BCUT2D eigenvalue weighted by molar-refractivity contribution is 6.31. The zero-order chi connectivity index (χ0) is 13.3. The number of rotatable bonds is 6. The number of aryl methyl sites for hydroxylation is 2. The van der Waals surface area contributed by atoms with E-state index in [-0.39, 0.29) is 0 Å². The summed E-state index contributed by atoms with van der Waals surface area (Å²) in [7, 11) is 2.13. The lowest BCUT2D eigenvalue weighted by atomic mass is 10.1. The van der Waals surface area contributed by atoms with E-state index in [1.165, 1.54) is 12.8 Å². The molecule has 1 aliphatic rings. The zero-order valence-corrected chi connectivity index (χ0v) is 12.2. The van der Waals surface area contributed by atoms with Crippen LogP contribution in [0.1, 0.15) is 31.2 Å². The molecule has 2 N–H and O–H groups in total. The summed E-state index contributed by atoms with van der Waals surface area (Å²) < 4.78 is 1.99. The Hall–Kier alpha value is -0.580. The molecular weight excluding hydrogens is 248 g/mol. The Morgan fingerprint density at radius 3 is 2.72 bits per heavy atom. The summed E-state index contributed by atoms with van der Waals surface area (Å²) in [4.78, 5) is 2.33. The van der Waals surface area contributed by atoms with Gasteiger partial charge in [-0.25, -0.2) is 0 Å². The van der Waals surface area contributed by atoms with E-state index in [2.05, 4.69) is 24.0 Å². The van der Waals surface area contributed by atoms with Crippen molar-refractivity contribution in [3.8, 4) is 0 Å². The van der Waals surface area contributed by atoms with Crippen molar-refractivity contribution in [2.24, 2.45) is 11.7 Å². The van der Waals surface area contributed by atoms with Gasteiger partial charge in [0.25, 0.3) is 0 Å². The predicted molar refractivity (Wildman–Crippen MR) is 74.7 cm³/mol. The van der Waals surface area contributed by atoms with Gasteiger partial charge in [-0.2, -0.15) is 5.10 Å². The monoisotopic (exact) mass is 270 g/mol. The maximum atomic E-state index is 6.34. The van der Waals surface area contributed by atoms with Crippen LogP contribution in [0.15, 0.2) is 0 Å². The van der Waals surface area contributed by atoms with Gasteiger partial charge in [-0.3, -0.25) is 9.58 Å². The highest BCUT2D eigenvalue weighted by Gasteiger charge is 2.33. The number of nitrogens with zero attached hydrogens (tertiary/aromatic N) is 3. The molecule has 0 saturated heterocycles. The normalized spacial score (nSPS) is 17.4. The molecular formula is C13H23ClN4. The molecule has 1 heterocycles. The molecule has 18 heavy (non-hydrogen) atoms. The maximum Gasteiger partial charge on any atom is 0.0860 e. The fraction of sp³-hybridized carbons (Fsp3) is 0.769. The van der Waals surface area contributed by atoms with Crippen LogP contribution in [0.5, 0.6) is 0 Å². The molecule has 0 spiro atoms. The standard InChI is InChI=1S/C13H23ClN4/c1-4-18-12(13(14)9(2)16-18)8-17(3)11(7-15)10-5-6-10/h10-11H,4-8,15H2,1-3H3. The molecule has 1 aromatic rings. The van der Waals surface area contributed by atoms with Crippen LogP contribution >= 0.6 is 11.6 Å². The second-order valence-corrected chi connectivity index (χ2v) is 5.60. The summed E-state index contributed by atoms with van der Waals surface area (Å²) in [5.74, 6) is 0.776. The van der Waals surface area contributed by atoms with Gasteiger partial charge in [0.1, 0.15) is 0 Å². The summed E-state index contributed by atoms with van der Waals surface area (Å²) in [6.45, 7) is 6.45. The molecule has 5 heteroatoms. The molecule has 4 nitrogen and oxygen atoms in total. The molecule has 1 saturated carbocycles. The third-order valence-corrected chi connectivity index (χ3v) is 4.32. The van der Waals surface area contributed by atoms with Crippen molar-refractivity contribution in [2.45, 2.75) is 45.8 Å². The van der Waals surface area contributed by atoms with Crippen molar-refractivity contribution < 1.29 is 0 Å². The van der Waals surface area contributed by atoms with Crippen molar-refractivity contribution in [2.75, 3.05) is 13.6 Å². The largest absolute Gasteiger partial charge is 0.329 e. The highest BCUT2D eigenvalue weighted by Crippen LogP contribution is 2.35. The smallest absolute Gasteiger partial charge is 0.0860 e. The molecule has 1 atom stereocenters. The number of aromatic nitrogens is 2. The molecule has 0 amide bonds. The molecule has 2 rings (SSSR count). The third-order valence-electron chi connectivity index (χ3n) is 3.83. The van der Waals surface area contributed by atoms with E-state index in [9.17, 15) is 0 Å². The first-order chi connectivity index (χ1) is 8.58. The summed E-state index contributed by atoms with van der Waals surface area (Å²) in [6.07, 6.45) is 2.62. The minimum absolute atomic E-state index is 0.474. The topological polar surface area (TPSA) is 47.1 Å². The van der Waals surface area contributed by atoms with E-state index in [1.807, 2.05) is 11.6 Å². The Morgan fingerprint density at radius 2 is 2.22 bits per heavy atom. The molecule has 1 aliphatic carbocycles. The van der Waals surface area contributed by atoms with Crippen LogP contribution in [0, 0.1) is 12.8 Å². The molecule has 0 aliphatic heterocycles. The Kier molecular flexibility index (Phi) is 4.30. The lowest BCUT2D eigenvalue weighted by molar-refractivity contribution is 0.210. The van der Waals surface area contributed by atoms with Gasteiger partial charge in [0.15, 0.2) is 0 Å². The van der Waals surface area contributed by atoms with Gasteiger partial charge >= 0.3 is 0 Å². The first kappa shape index (κ1) is 13.8. The number of nitrogens with two attached hydrogens (primary N) is 1. The van der Waals surface area contributed by atoms with Gasteiger partial charge in [-0.05, 0) is 39.7 Å². The first-order valence-corrected chi connectivity index (χ1v) is 7.08. The lowest BCUT2D eigenvalue weighted by Gasteiger charge is -2.27. The second-order valence-electron chi connectivity index (χ2n) is 5.22. The van der Waals surface area contributed by atoms with E-state index in [4.69, 9.17) is 17.3 Å². The van der Waals surface area contributed by atoms with Crippen molar-refractivity contribution in [1.82, 2.24) is 14.7 Å². The average molecular weight is 271 g/mol. The molecule has 0 radical (unpaired) electrons. The van der Waals surface area contributed by atoms with Crippen molar-refractivity contribution in [3.05, 3.63) is 16.4 Å². The van der Waals surface area contributed by atoms with Crippen molar-refractivity contribution >= 4 is 11.6 Å². The number of hydrogen-bond acceptors (Lipinski definition) is 3. The van der Waals surface area contributed by atoms with Crippen LogP contribution in [0.2, 0.25) is 5.02 Å². The fourth-order valence-corrected chi connectivity index (χ4v) is 2.78. The van der Waals surface area contributed by atoms with E-state index in [0.29, 0.717) is 6.04 Å². The maximum absolute atomic E-state index is 6.34. The molecule has 1 unspecified atom stereocenters. The predicted octanol–water partition coefficient (Wildman–Crippen LogP) is 2.03. The van der Waals surface area contributed by atoms with Gasteiger partial charge in [0.2, 0.25) is 0 Å². The highest BCUT2D eigenvalue weighted by atomic mass is 35.5. The van der Waals surface area contributed by atoms with E-state index in [1.54, 1.807) is 0 Å². The zero-order valence-electron chi connectivity index (χ0n) is 11.5. The summed E-state index contributed by atoms with van der Waals surface area (Å²) in [5, 5.41) is 5.26. The third kappa shape index (κ3) is 2.71. The van der Waals surface area contributed by atoms with Gasteiger partial charge in [-0.15, -0.1) is 0 Å². The van der Waals surface area contributed by atoms with Crippen molar-refractivity contribution in [1.29, 1.82) is 0 Å². The van der Waals surface area contributed by atoms with Crippen LogP contribution in [-0.2, 0) is 13.1 Å². The van der Waals surface area contributed by atoms with Crippen LogP contribution in [-0.4, -0.2) is 34.3 Å². The van der Waals surface area contributed by atoms with Crippen LogP contribution in [0.3, 0.4) is 0 Å². The second kappa shape index (κ2) is 5.59. The Bertz CT molecular complexity index is 411. The first-order valence-electron chi connectivity index (χ1n) is 6.70. The Labute approximate surface area is 114 Å². The molecule has 1 aromatic heterocycles. The molecule has 0 bridgehead atoms. The van der Waals surface area contributed by atoms with Gasteiger partial charge in [0.05, 0.1) is 16.4 Å². The number of hydrogen-bond donors (Lipinski definition) is 1. The number of halogens is 1. The van der Waals surface area contributed by atoms with Gasteiger partial charge in [0, 0.05) is 25.7 Å².